The van der Waals surface area contributed by atoms with Crippen LogP contribution in [-0.2, 0) is 32.4 Å². The Morgan fingerprint density at radius 1 is 0.766 bits per heavy atom. The highest BCUT2D eigenvalue weighted by molar-refractivity contribution is 9.10. The van der Waals surface area contributed by atoms with Crippen LogP contribution in [0.15, 0.2) is 74.6 Å². The lowest BCUT2D eigenvalue weighted by molar-refractivity contribution is -0.137. The number of nitrogens with zero attached hydrogens (tertiary/aromatic N) is 6. The normalized spacial score (nSPS) is 15.0. The van der Waals surface area contributed by atoms with Crippen LogP contribution >= 0.6 is 39.1 Å². The van der Waals surface area contributed by atoms with Gasteiger partial charge in [-0.1, -0.05) is 23.2 Å². The number of carbonyl (C=O) groups excluding carboxylic acids is 2. The summed E-state index contributed by atoms with van der Waals surface area (Å²) in [5.41, 5.74) is -3.50. The van der Waals surface area contributed by atoms with Crippen LogP contribution in [0.25, 0.3) is 22.6 Å². The first-order chi connectivity index (χ1) is 29.6. The number of likely N-dealkylation sites (tertiary alicyclic amines) is 2. The van der Waals surface area contributed by atoms with Gasteiger partial charge in [-0.25, -0.2) is 36.2 Å². The second kappa shape index (κ2) is 18.3. The highest BCUT2D eigenvalue weighted by Crippen LogP contribution is 2.38. The molecule has 8 rings (SSSR count). The molecule has 4 N–H and O–H groups in total. The second-order valence-electron chi connectivity index (χ2n) is 14.1. The number of furan rings is 2. The summed E-state index contributed by atoms with van der Waals surface area (Å²) in [6.45, 7) is 0.262. The Hall–Kier alpha value is -4.68. The zero-order valence-corrected chi connectivity index (χ0v) is 37.1. The van der Waals surface area contributed by atoms with Gasteiger partial charge in [-0.15, -0.1) is 0 Å². The minimum Gasteiger partial charge on any atom is -0.473 e. The first kappa shape index (κ1) is 48.8. The third-order valence-electron chi connectivity index (χ3n) is 9.01. The predicted octanol–water partition coefficient (Wildman–Crippen LogP) is 3.74. The molecule has 2 amide bonds. The molecular weight excluding hydrogens is 1020 g/mol. The minimum absolute atomic E-state index is 0.0554. The number of halogens is 9. The molecule has 30 heteroatoms. The van der Waals surface area contributed by atoms with Crippen molar-refractivity contribution in [3.63, 3.8) is 0 Å². The molecule has 18 nitrogen and oxygen atoms in total. The molecule has 64 heavy (non-hydrogen) atoms. The van der Waals surface area contributed by atoms with Crippen LogP contribution in [0, 0.1) is 0 Å². The van der Waals surface area contributed by atoms with Gasteiger partial charge in [0.2, 0.25) is 20.0 Å². The van der Waals surface area contributed by atoms with Gasteiger partial charge in [0.05, 0.1) is 48.2 Å². The molecule has 2 saturated heterocycles. The van der Waals surface area contributed by atoms with Gasteiger partial charge in [-0.2, -0.15) is 26.3 Å². The average molecular weight is 1050 g/mol. The van der Waals surface area contributed by atoms with Gasteiger partial charge < -0.3 is 28.7 Å². The fraction of sp³-hybridized carbons (Fsp3) is 0.294. The highest BCUT2D eigenvalue weighted by atomic mass is 79.9. The van der Waals surface area contributed by atoms with Crippen molar-refractivity contribution in [3.8, 4) is 11.3 Å². The number of pyridine rings is 2. The van der Waals surface area contributed by atoms with Crippen molar-refractivity contribution in [1.29, 1.82) is 0 Å². The summed E-state index contributed by atoms with van der Waals surface area (Å²) in [6, 6.07) is 6.90. The maximum atomic E-state index is 13.6. The quantitative estimate of drug-likeness (QED) is 0.126. The molecular formula is C34H30BBrCl2F6N8O10S2. The molecule has 0 aromatic carbocycles. The van der Waals surface area contributed by atoms with Gasteiger partial charge in [-0.3, -0.25) is 18.4 Å². The highest BCUT2D eigenvalue weighted by Gasteiger charge is 2.40. The lowest BCUT2D eigenvalue weighted by atomic mass is 9.88. The largest absolute Gasteiger partial charge is 0.526 e. The van der Waals surface area contributed by atoms with Gasteiger partial charge >= 0.3 is 19.5 Å². The number of imidazole rings is 2. The fourth-order valence-electron chi connectivity index (χ4n) is 6.25. The summed E-state index contributed by atoms with van der Waals surface area (Å²) < 4.78 is 142. The van der Waals surface area contributed by atoms with Gasteiger partial charge in [0.1, 0.15) is 21.7 Å². The molecule has 6 aromatic heterocycles. The number of alkyl halides is 6. The number of carbonyl (C=O) groups is 2. The number of hydrogen-bond donors (Lipinski definition) is 4. The van der Waals surface area contributed by atoms with E-state index >= 15 is 0 Å². The third-order valence-corrected chi connectivity index (χ3v) is 11.7. The standard InChI is InChI=1S/C17H14ClF3N4O4S.C13H11BrClF3N4O3S.C4H5BO3/c1-30(27,28)23-10-7-24(8-10)16(26)13-14(18)25-6-9(12-3-2-4-29-12)5-11(15(25)22-13)17(19,20)21;1-26(24,25)20-7-4-21(5-7)12(23)9-10(15)22-3-6(14)2-8(11(22)19-9)13(16,17)18;6-5(7)4-2-1-3-8-4/h2-6,10,23H,7-8H2,1H3;2-3,7,20H,4-5H2,1H3;1-3,6-7H. The Labute approximate surface area is 376 Å². The third kappa shape index (κ3) is 11.2. The SMILES string of the molecule is CS(=O)(=O)NC1CN(C(=O)c2nc3c(C(F)(F)F)cc(-c4ccco4)cn3c2Cl)C1.CS(=O)(=O)NC1CN(C(=O)c2nc3c(C(F)(F)F)cc(Br)cn3c2Cl)C1.OB(O)c1ccco1. The van der Waals surface area contributed by atoms with Crippen LogP contribution in [0.4, 0.5) is 26.3 Å². The number of sulfonamides is 2. The first-order valence-corrected chi connectivity index (χ1v) is 23.1. The van der Waals surface area contributed by atoms with Crippen molar-refractivity contribution in [1.82, 2.24) is 38.0 Å². The number of rotatable bonds is 8. The van der Waals surface area contributed by atoms with Crippen LogP contribution in [0.2, 0.25) is 10.3 Å². The van der Waals surface area contributed by atoms with E-state index in [0.717, 1.165) is 33.4 Å². The van der Waals surface area contributed by atoms with Crippen LogP contribution < -0.4 is 15.1 Å². The molecule has 0 unspecified atom stereocenters. The molecule has 2 aliphatic rings. The summed E-state index contributed by atoms with van der Waals surface area (Å²) in [5.74, 6) is -1.17. The summed E-state index contributed by atoms with van der Waals surface area (Å²) >= 11 is 15.3. The van der Waals surface area contributed by atoms with Crippen LogP contribution in [0.5, 0.6) is 0 Å². The van der Waals surface area contributed by atoms with E-state index in [1.807, 2.05) is 0 Å². The van der Waals surface area contributed by atoms with E-state index < -0.39 is 85.8 Å². The lowest BCUT2D eigenvalue weighted by Gasteiger charge is -2.38. The molecule has 2 aliphatic heterocycles. The molecule has 0 saturated carbocycles. The number of aromatic nitrogens is 4. The van der Waals surface area contributed by atoms with Crippen LogP contribution in [-0.4, -0.2) is 125 Å². The van der Waals surface area contributed by atoms with Gasteiger partial charge in [0.25, 0.3) is 11.8 Å². The molecule has 6 aromatic rings. The van der Waals surface area contributed by atoms with Crippen molar-refractivity contribution in [3.05, 3.63) is 98.6 Å². The smallest absolute Gasteiger partial charge is 0.473 e. The zero-order chi connectivity index (χ0) is 47.3. The number of fused-ring (bicyclic) bond motifs is 2. The Bertz CT molecular complexity index is 2930. The Morgan fingerprint density at radius 2 is 1.20 bits per heavy atom. The van der Waals surface area contributed by atoms with E-state index in [2.05, 4.69) is 39.8 Å². The van der Waals surface area contributed by atoms with Crippen molar-refractivity contribution in [2.45, 2.75) is 24.4 Å². The lowest BCUT2D eigenvalue weighted by Crippen LogP contribution is -2.60. The van der Waals surface area contributed by atoms with E-state index in [1.54, 1.807) is 6.07 Å². The minimum atomic E-state index is -4.75. The fourth-order valence-corrected chi connectivity index (χ4v) is 8.70. The monoisotopic (exact) mass is 1050 g/mol. The van der Waals surface area contributed by atoms with Crippen molar-refractivity contribution < 1.29 is 71.6 Å². The van der Waals surface area contributed by atoms with E-state index in [0.29, 0.717) is 0 Å². The number of nitrogens with one attached hydrogen (secondary N) is 2. The van der Waals surface area contributed by atoms with Crippen molar-refractivity contribution >= 4 is 95.1 Å². The maximum Gasteiger partial charge on any atom is 0.526 e. The van der Waals surface area contributed by atoms with E-state index in [1.165, 1.54) is 52.9 Å². The summed E-state index contributed by atoms with van der Waals surface area (Å²) in [4.78, 5) is 35.3. The molecule has 0 radical (unpaired) electrons. The first-order valence-electron chi connectivity index (χ1n) is 17.8. The molecule has 0 atom stereocenters. The summed E-state index contributed by atoms with van der Waals surface area (Å²) in [5, 5.41) is 16.2. The molecule has 2 fully saturated rings. The van der Waals surface area contributed by atoms with Gasteiger partial charge in [0.15, 0.2) is 22.7 Å². The predicted molar refractivity (Wildman–Crippen MR) is 220 cm³/mol. The van der Waals surface area contributed by atoms with Crippen LogP contribution in [0.1, 0.15) is 32.1 Å². The second-order valence-corrected chi connectivity index (χ2v) is 19.3. The van der Waals surface area contributed by atoms with Gasteiger partial charge in [-0.05, 0) is 52.3 Å². The maximum absolute atomic E-state index is 13.6. The van der Waals surface area contributed by atoms with E-state index in [4.69, 9.17) is 37.7 Å². The Morgan fingerprint density at radius 3 is 1.58 bits per heavy atom. The topological polar surface area (TPSA) is 234 Å². The molecule has 0 spiro atoms. The Balaban J connectivity index is 0.000000182. The Kier molecular flexibility index (Phi) is 14.0. The molecule has 0 aliphatic carbocycles. The number of hydrogen-bond acceptors (Lipinski definition) is 12. The average Bonchev–Trinajstić information content (AvgIpc) is 3.97. The van der Waals surface area contributed by atoms with Gasteiger partial charge in [0, 0.05) is 48.6 Å². The van der Waals surface area contributed by atoms with Crippen molar-refractivity contribution in [2.24, 2.45) is 0 Å². The van der Waals surface area contributed by atoms with E-state index in [-0.39, 0.29) is 69.3 Å². The molecule has 8 heterocycles. The zero-order valence-electron chi connectivity index (χ0n) is 32.4. The van der Waals surface area contributed by atoms with Crippen molar-refractivity contribution in [2.75, 3.05) is 38.7 Å². The molecule has 0 bridgehead atoms. The molecule has 344 valence electrons. The summed E-state index contributed by atoms with van der Waals surface area (Å²) in [7, 11) is -8.34. The summed E-state index contributed by atoms with van der Waals surface area (Å²) in [6.07, 6.45) is -2.16. The number of amides is 2. The van der Waals surface area contributed by atoms with Crippen LogP contribution in [0.3, 0.4) is 0 Å². The van der Waals surface area contributed by atoms with E-state index in [9.17, 15) is 52.8 Å².